The average molecular weight is 181 g/mol. The predicted molar refractivity (Wildman–Crippen MR) is 55.3 cm³/mol. The standard InChI is InChI=1S/C11H13Cl/c1-3-10-4-6-11(7-5-10)9(2)8-12/h4-8H,3H2,1-2H3. The lowest BCUT2D eigenvalue weighted by Crippen LogP contribution is -1.81. The van der Waals surface area contributed by atoms with Crippen LogP contribution < -0.4 is 0 Å². The van der Waals surface area contributed by atoms with Gasteiger partial charge in [0.05, 0.1) is 0 Å². The zero-order valence-corrected chi connectivity index (χ0v) is 8.23. The molecule has 0 aliphatic rings. The Kier molecular flexibility index (Phi) is 3.36. The Bertz CT molecular complexity index is 270. The van der Waals surface area contributed by atoms with Crippen molar-refractivity contribution in [3.63, 3.8) is 0 Å². The molecule has 0 amide bonds. The molecule has 0 nitrogen and oxygen atoms in total. The fourth-order valence-electron chi connectivity index (χ4n) is 1.07. The summed E-state index contributed by atoms with van der Waals surface area (Å²) in [6.07, 6.45) is 1.09. The summed E-state index contributed by atoms with van der Waals surface area (Å²) >= 11 is 5.60. The third-order valence-corrected chi connectivity index (χ3v) is 2.31. The fourth-order valence-corrected chi connectivity index (χ4v) is 1.19. The van der Waals surface area contributed by atoms with Crippen molar-refractivity contribution in [3.8, 4) is 0 Å². The van der Waals surface area contributed by atoms with E-state index in [1.54, 1.807) is 5.54 Å². The monoisotopic (exact) mass is 180 g/mol. The summed E-state index contributed by atoms with van der Waals surface area (Å²) in [5, 5.41) is 0. The van der Waals surface area contributed by atoms with Gasteiger partial charge >= 0.3 is 0 Å². The summed E-state index contributed by atoms with van der Waals surface area (Å²) in [5.74, 6) is 0. The van der Waals surface area contributed by atoms with Gasteiger partial charge in [-0.2, -0.15) is 0 Å². The maximum atomic E-state index is 5.60. The summed E-state index contributed by atoms with van der Waals surface area (Å²) in [7, 11) is 0. The summed E-state index contributed by atoms with van der Waals surface area (Å²) in [4.78, 5) is 0. The summed E-state index contributed by atoms with van der Waals surface area (Å²) in [6, 6.07) is 8.48. The molecule has 1 aromatic rings. The van der Waals surface area contributed by atoms with E-state index in [-0.39, 0.29) is 0 Å². The van der Waals surface area contributed by atoms with Crippen LogP contribution in [-0.4, -0.2) is 0 Å². The second-order valence-electron chi connectivity index (χ2n) is 2.84. The molecule has 0 aliphatic heterocycles. The Morgan fingerprint density at radius 3 is 2.33 bits per heavy atom. The number of hydrogen-bond acceptors (Lipinski definition) is 0. The van der Waals surface area contributed by atoms with Crippen molar-refractivity contribution >= 4 is 17.2 Å². The smallest absolute Gasteiger partial charge is 0.00777 e. The largest absolute Gasteiger partial charge is 0.0926 e. The molecule has 64 valence electrons. The highest BCUT2D eigenvalue weighted by molar-refractivity contribution is 6.28. The lowest BCUT2D eigenvalue weighted by atomic mass is 10.1. The van der Waals surface area contributed by atoms with Crippen LogP contribution in [0.5, 0.6) is 0 Å². The molecular formula is C11H13Cl. The summed E-state index contributed by atoms with van der Waals surface area (Å²) in [5.41, 5.74) is 5.28. The molecule has 0 aromatic heterocycles. The van der Waals surface area contributed by atoms with Crippen LogP contribution in [0.15, 0.2) is 29.8 Å². The Hall–Kier alpha value is -0.750. The van der Waals surface area contributed by atoms with Gasteiger partial charge in [-0.1, -0.05) is 42.8 Å². The van der Waals surface area contributed by atoms with Crippen LogP contribution in [0.3, 0.4) is 0 Å². The highest BCUT2D eigenvalue weighted by Crippen LogP contribution is 2.15. The molecule has 0 saturated heterocycles. The van der Waals surface area contributed by atoms with Crippen LogP contribution in [0.1, 0.15) is 25.0 Å². The second kappa shape index (κ2) is 4.32. The van der Waals surface area contributed by atoms with Crippen molar-refractivity contribution in [1.82, 2.24) is 0 Å². The third-order valence-electron chi connectivity index (χ3n) is 1.98. The van der Waals surface area contributed by atoms with Gasteiger partial charge in [0.25, 0.3) is 0 Å². The lowest BCUT2D eigenvalue weighted by Gasteiger charge is -2.01. The maximum absolute atomic E-state index is 5.60. The molecule has 12 heavy (non-hydrogen) atoms. The molecular weight excluding hydrogens is 168 g/mol. The van der Waals surface area contributed by atoms with Crippen molar-refractivity contribution in [2.45, 2.75) is 20.3 Å². The van der Waals surface area contributed by atoms with Crippen molar-refractivity contribution in [1.29, 1.82) is 0 Å². The summed E-state index contributed by atoms with van der Waals surface area (Å²) in [6.45, 7) is 4.16. The van der Waals surface area contributed by atoms with E-state index in [2.05, 4.69) is 31.2 Å². The minimum absolute atomic E-state index is 1.09. The zero-order chi connectivity index (χ0) is 8.97. The molecule has 0 aliphatic carbocycles. The highest BCUT2D eigenvalue weighted by atomic mass is 35.5. The molecule has 0 bridgehead atoms. The number of rotatable bonds is 2. The van der Waals surface area contributed by atoms with E-state index in [0.717, 1.165) is 12.0 Å². The maximum Gasteiger partial charge on any atom is 0.00777 e. The van der Waals surface area contributed by atoms with Gasteiger partial charge in [-0.15, -0.1) is 0 Å². The van der Waals surface area contributed by atoms with Crippen molar-refractivity contribution in [2.75, 3.05) is 0 Å². The number of allylic oxidation sites excluding steroid dienone is 1. The van der Waals surface area contributed by atoms with Crippen LogP contribution in [0.2, 0.25) is 0 Å². The van der Waals surface area contributed by atoms with Gasteiger partial charge in [0.15, 0.2) is 0 Å². The molecule has 0 fully saturated rings. The van der Waals surface area contributed by atoms with Crippen LogP contribution in [0.25, 0.3) is 5.57 Å². The topological polar surface area (TPSA) is 0 Å². The van der Waals surface area contributed by atoms with Gasteiger partial charge in [0.1, 0.15) is 0 Å². The number of aryl methyl sites for hydroxylation is 1. The zero-order valence-electron chi connectivity index (χ0n) is 7.47. The number of benzene rings is 1. The SMILES string of the molecule is CCc1ccc(C(C)=CCl)cc1. The normalized spacial score (nSPS) is 11.8. The van der Waals surface area contributed by atoms with Gasteiger partial charge in [-0.25, -0.2) is 0 Å². The first kappa shape index (κ1) is 9.34. The van der Waals surface area contributed by atoms with E-state index in [9.17, 15) is 0 Å². The molecule has 0 heterocycles. The van der Waals surface area contributed by atoms with Crippen molar-refractivity contribution in [2.24, 2.45) is 0 Å². The highest BCUT2D eigenvalue weighted by Gasteiger charge is 1.93. The Morgan fingerprint density at radius 1 is 1.33 bits per heavy atom. The predicted octanol–water partition coefficient (Wildman–Crippen LogP) is 3.85. The van der Waals surface area contributed by atoms with Gasteiger partial charge in [-0.3, -0.25) is 0 Å². The quantitative estimate of drug-likeness (QED) is 0.649. The molecule has 0 N–H and O–H groups in total. The van der Waals surface area contributed by atoms with E-state index >= 15 is 0 Å². The minimum Gasteiger partial charge on any atom is -0.0926 e. The van der Waals surface area contributed by atoms with Crippen LogP contribution >= 0.6 is 11.6 Å². The molecule has 0 radical (unpaired) electrons. The Balaban J connectivity index is 2.92. The minimum atomic E-state index is 1.09. The van der Waals surface area contributed by atoms with Gasteiger partial charge in [-0.05, 0) is 30.0 Å². The number of hydrogen-bond donors (Lipinski definition) is 0. The van der Waals surface area contributed by atoms with E-state index in [1.165, 1.54) is 11.1 Å². The molecule has 0 spiro atoms. The van der Waals surface area contributed by atoms with Crippen LogP contribution in [0.4, 0.5) is 0 Å². The number of halogens is 1. The van der Waals surface area contributed by atoms with E-state index < -0.39 is 0 Å². The van der Waals surface area contributed by atoms with Crippen molar-refractivity contribution < 1.29 is 0 Å². The van der Waals surface area contributed by atoms with Gasteiger partial charge < -0.3 is 0 Å². The molecule has 0 atom stereocenters. The Labute approximate surface area is 78.9 Å². The second-order valence-corrected chi connectivity index (χ2v) is 3.06. The Morgan fingerprint density at radius 2 is 1.92 bits per heavy atom. The van der Waals surface area contributed by atoms with E-state index in [1.807, 2.05) is 6.92 Å². The first-order valence-corrected chi connectivity index (χ1v) is 4.58. The molecule has 0 unspecified atom stereocenters. The first-order valence-electron chi connectivity index (χ1n) is 4.14. The van der Waals surface area contributed by atoms with E-state index in [4.69, 9.17) is 11.6 Å². The van der Waals surface area contributed by atoms with Crippen LogP contribution in [0, 0.1) is 0 Å². The first-order chi connectivity index (χ1) is 5.77. The lowest BCUT2D eigenvalue weighted by molar-refractivity contribution is 1.14. The van der Waals surface area contributed by atoms with Gasteiger partial charge in [0.2, 0.25) is 0 Å². The van der Waals surface area contributed by atoms with Crippen LogP contribution in [-0.2, 0) is 6.42 Å². The fraction of sp³-hybridized carbons (Fsp3) is 0.273. The molecule has 1 heteroatoms. The summed E-state index contributed by atoms with van der Waals surface area (Å²) < 4.78 is 0. The molecule has 1 aromatic carbocycles. The van der Waals surface area contributed by atoms with Crippen molar-refractivity contribution in [3.05, 3.63) is 40.9 Å². The third kappa shape index (κ3) is 2.12. The molecule has 0 saturated carbocycles. The molecule has 1 rings (SSSR count). The van der Waals surface area contributed by atoms with Gasteiger partial charge in [0, 0.05) is 5.54 Å². The van der Waals surface area contributed by atoms with E-state index in [0.29, 0.717) is 0 Å². The average Bonchev–Trinajstić information content (AvgIpc) is 2.17.